The molecule has 1 aromatic heterocycles. The van der Waals surface area contributed by atoms with Gasteiger partial charge in [0.25, 0.3) is 0 Å². The van der Waals surface area contributed by atoms with Gasteiger partial charge in [0.05, 0.1) is 24.0 Å². The number of nitrogens with zero attached hydrogens (tertiary/aromatic N) is 3. The summed E-state index contributed by atoms with van der Waals surface area (Å²) in [6.45, 7) is 3.99. The number of urea groups is 1. The average Bonchev–Trinajstić information content (AvgIpc) is 2.92. The first-order valence-electron chi connectivity index (χ1n) is 7.15. The first-order chi connectivity index (χ1) is 10.3. The van der Waals surface area contributed by atoms with Crippen molar-refractivity contribution in [2.75, 3.05) is 13.6 Å². The third-order valence-corrected chi connectivity index (χ3v) is 3.07. The lowest BCUT2D eigenvalue weighted by molar-refractivity contribution is 0.0531. The SMILES string of the molecule is CN(CC(C)(C)O)C(=O)NCc1cnn(-c2ccccc2)c1. The number of para-hydroxylation sites is 1. The molecule has 1 aromatic carbocycles. The number of aliphatic hydroxyl groups is 1. The molecule has 2 N–H and O–H groups in total. The minimum absolute atomic E-state index is 0.227. The number of hydrogen-bond acceptors (Lipinski definition) is 3. The number of carbonyl (C=O) groups is 1. The van der Waals surface area contributed by atoms with Gasteiger partial charge in [-0.2, -0.15) is 5.10 Å². The van der Waals surface area contributed by atoms with Crippen molar-refractivity contribution in [3.8, 4) is 5.69 Å². The van der Waals surface area contributed by atoms with Gasteiger partial charge < -0.3 is 15.3 Å². The summed E-state index contributed by atoms with van der Waals surface area (Å²) in [6, 6.07) is 9.55. The van der Waals surface area contributed by atoms with Gasteiger partial charge in [0.15, 0.2) is 0 Å². The van der Waals surface area contributed by atoms with Crippen molar-refractivity contribution in [2.45, 2.75) is 26.0 Å². The summed E-state index contributed by atoms with van der Waals surface area (Å²) < 4.78 is 1.77. The molecular weight excluding hydrogens is 280 g/mol. The number of carbonyl (C=O) groups excluding carboxylic acids is 1. The van der Waals surface area contributed by atoms with Crippen LogP contribution in [-0.4, -0.2) is 45.0 Å². The van der Waals surface area contributed by atoms with Crippen LogP contribution in [0.2, 0.25) is 0 Å². The zero-order chi connectivity index (χ0) is 16.2. The van der Waals surface area contributed by atoms with Crippen LogP contribution >= 0.6 is 0 Å². The molecule has 6 nitrogen and oxygen atoms in total. The Balaban J connectivity index is 1.90. The number of aromatic nitrogens is 2. The Kier molecular flexibility index (Phi) is 4.82. The molecule has 0 aliphatic heterocycles. The van der Waals surface area contributed by atoms with Crippen molar-refractivity contribution in [2.24, 2.45) is 0 Å². The second kappa shape index (κ2) is 6.62. The third kappa shape index (κ3) is 4.60. The van der Waals surface area contributed by atoms with Crippen molar-refractivity contribution >= 4 is 6.03 Å². The van der Waals surface area contributed by atoms with Crippen LogP contribution < -0.4 is 5.32 Å². The molecular formula is C16H22N4O2. The van der Waals surface area contributed by atoms with E-state index in [2.05, 4.69) is 10.4 Å². The molecule has 0 aliphatic carbocycles. The van der Waals surface area contributed by atoms with Crippen LogP contribution in [0.4, 0.5) is 4.79 Å². The molecule has 0 bridgehead atoms. The molecule has 0 atom stereocenters. The first-order valence-corrected chi connectivity index (χ1v) is 7.15. The predicted octanol–water partition coefficient (Wildman–Crippen LogP) is 1.78. The third-order valence-electron chi connectivity index (χ3n) is 3.07. The van der Waals surface area contributed by atoms with Gasteiger partial charge in [0.1, 0.15) is 0 Å². The van der Waals surface area contributed by atoms with Crippen molar-refractivity contribution < 1.29 is 9.90 Å². The Bertz CT molecular complexity index is 617. The summed E-state index contributed by atoms with van der Waals surface area (Å²) in [6.07, 6.45) is 3.61. The monoisotopic (exact) mass is 302 g/mol. The zero-order valence-corrected chi connectivity index (χ0v) is 13.2. The van der Waals surface area contributed by atoms with E-state index in [0.717, 1.165) is 11.3 Å². The molecule has 2 aromatic rings. The molecule has 0 fully saturated rings. The van der Waals surface area contributed by atoms with Gasteiger partial charge in [-0.25, -0.2) is 9.48 Å². The van der Waals surface area contributed by atoms with E-state index in [4.69, 9.17) is 0 Å². The minimum atomic E-state index is -0.912. The van der Waals surface area contributed by atoms with Crippen molar-refractivity contribution in [1.29, 1.82) is 0 Å². The maximum absolute atomic E-state index is 11.9. The van der Waals surface area contributed by atoms with E-state index >= 15 is 0 Å². The first kappa shape index (κ1) is 16.0. The number of rotatable bonds is 5. The second-order valence-electron chi connectivity index (χ2n) is 5.96. The van der Waals surface area contributed by atoms with Crippen LogP contribution in [0.1, 0.15) is 19.4 Å². The summed E-state index contributed by atoms with van der Waals surface area (Å²) in [5, 5.41) is 16.8. The van der Waals surface area contributed by atoms with Crippen LogP contribution in [0.5, 0.6) is 0 Å². The number of likely N-dealkylation sites (N-methyl/N-ethyl adjacent to an activating group) is 1. The highest BCUT2D eigenvalue weighted by Gasteiger charge is 2.19. The van der Waals surface area contributed by atoms with E-state index in [1.165, 1.54) is 4.90 Å². The molecule has 0 saturated heterocycles. The summed E-state index contributed by atoms with van der Waals surface area (Å²) in [5.41, 5.74) is 0.970. The summed E-state index contributed by atoms with van der Waals surface area (Å²) in [7, 11) is 1.65. The molecule has 6 heteroatoms. The van der Waals surface area contributed by atoms with Gasteiger partial charge in [-0.05, 0) is 26.0 Å². The summed E-state index contributed by atoms with van der Waals surface area (Å²) in [4.78, 5) is 13.4. The van der Waals surface area contributed by atoms with Crippen LogP contribution in [0.25, 0.3) is 5.69 Å². The Morgan fingerprint density at radius 1 is 1.36 bits per heavy atom. The fourth-order valence-corrected chi connectivity index (χ4v) is 2.14. The standard InChI is InChI=1S/C16H22N4O2/c1-16(2,22)12-19(3)15(21)17-9-13-10-18-20(11-13)14-7-5-4-6-8-14/h4-8,10-11,22H,9,12H2,1-3H3,(H,17,21). The lowest BCUT2D eigenvalue weighted by Crippen LogP contribution is -2.44. The molecule has 1 heterocycles. The lowest BCUT2D eigenvalue weighted by atomic mass is 10.1. The summed E-state index contributed by atoms with van der Waals surface area (Å²) in [5.74, 6) is 0. The van der Waals surface area contributed by atoms with E-state index in [0.29, 0.717) is 6.54 Å². The largest absolute Gasteiger partial charge is 0.389 e. The lowest BCUT2D eigenvalue weighted by Gasteiger charge is -2.25. The number of hydrogen-bond donors (Lipinski definition) is 2. The number of nitrogens with one attached hydrogen (secondary N) is 1. The van der Waals surface area contributed by atoms with Crippen molar-refractivity contribution in [3.63, 3.8) is 0 Å². The van der Waals surface area contributed by atoms with Gasteiger partial charge in [0.2, 0.25) is 0 Å². The predicted molar refractivity (Wildman–Crippen MR) is 84.7 cm³/mol. The normalized spacial score (nSPS) is 11.3. The van der Waals surface area contributed by atoms with E-state index < -0.39 is 5.60 Å². The Morgan fingerprint density at radius 3 is 2.68 bits per heavy atom. The Hall–Kier alpha value is -2.34. The van der Waals surface area contributed by atoms with E-state index in [9.17, 15) is 9.90 Å². The van der Waals surface area contributed by atoms with Gasteiger partial charge in [-0.15, -0.1) is 0 Å². The average molecular weight is 302 g/mol. The van der Waals surface area contributed by atoms with E-state index in [-0.39, 0.29) is 12.6 Å². The number of amides is 2. The zero-order valence-electron chi connectivity index (χ0n) is 13.2. The smallest absolute Gasteiger partial charge is 0.317 e. The minimum Gasteiger partial charge on any atom is -0.389 e. The van der Waals surface area contributed by atoms with Crippen LogP contribution in [0.3, 0.4) is 0 Å². The van der Waals surface area contributed by atoms with Gasteiger partial charge in [0, 0.05) is 25.4 Å². The van der Waals surface area contributed by atoms with Gasteiger partial charge >= 0.3 is 6.03 Å². The molecule has 118 valence electrons. The Morgan fingerprint density at radius 2 is 2.05 bits per heavy atom. The highest BCUT2D eigenvalue weighted by Crippen LogP contribution is 2.08. The quantitative estimate of drug-likeness (QED) is 0.884. The van der Waals surface area contributed by atoms with Crippen molar-refractivity contribution in [3.05, 3.63) is 48.3 Å². The molecule has 0 unspecified atom stereocenters. The van der Waals surface area contributed by atoms with Crippen LogP contribution in [0.15, 0.2) is 42.7 Å². The summed E-state index contributed by atoms with van der Waals surface area (Å²) >= 11 is 0. The van der Waals surface area contributed by atoms with Crippen molar-refractivity contribution in [1.82, 2.24) is 20.0 Å². The van der Waals surface area contributed by atoms with Gasteiger partial charge in [-0.3, -0.25) is 0 Å². The molecule has 22 heavy (non-hydrogen) atoms. The van der Waals surface area contributed by atoms with Crippen LogP contribution in [0, 0.1) is 0 Å². The fourth-order valence-electron chi connectivity index (χ4n) is 2.14. The molecule has 0 saturated carbocycles. The maximum Gasteiger partial charge on any atom is 0.317 e. The number of benzene rings is 1. The second-order valence-corrected chi connectivity index (χ2v) is 5.96. The molecule has 0 spiro atoms. The maximum atomic E-state index is 11.9. The highest BCUT2D eigenvalue weighted by molar-refractivity contribution is 5.73. The Labute approximate surface area is 130 Å². The molecule has 0 aliphatic rings. The molecule has 2 rings (SSSR count). The van der Waals surface area contributed by atoms with E-state index in [1.807, 2.05) is 36.5 Å². The fraction of sp³-hybridized carbons (Fsp3) is 0.375. The highest BCUT2D eigenvalue weighted by atomic mass is 16.3. The molecule has 0 radical (unpaired) electrons. The molecule has 2 amide bonds. The van der Waals surface area contributed by atoms with Gasteiger partial charge in [-0.1, -0.05) is 18.2 Å². The topological polar surface area (TPSA) is 70.4 Å². The van der Waals surface area contributed by atoms with Crippen LogP contribution in [-0.2, 0) is 6.54 Å². The van der Waals surface area contributed by atoms with E-state index in [1.54, 1.807) is 31.8 Å².